The van der Waals surface area contributed by atoms with Crippen LogP contribution in [-0.4, -0.2) is 34.1 Å². The van der Waals surface area contributed by atoms with E-state index in [1.54, 1.807) is 0 Å². The third-order valence-electron chi connectivity index (χ3n) is 3.91. The molecular weight excluding hydrogens is 190 g/mol. The first-order valence-electron chi connectivity index (χ1n) is 6.12. The van der Waals surface area contributed by atoms with Crippen LogP contribution in [-0.2, 0) is 4.79 Å². The molecule has 1 heterocycles. The fourth-order valence-corrected chi connectivity index (χ4v) is 2.92. The quantitative estimate of drug-likeness (QED) is 0.763. The molecule has 1 aliphatic heterocycles. The lowest BCUT2D eigenvalue weighted by molar-refractivity contribution is -0.151. The molecule has 1 fully saturated rings. The minimum absolute atomic E-state index is 0.434. The van der Waals surface area contributed by atoms with E-state index in [4.69, 9.17) is 0 Å². The number of nitrogens with zero attached hydrogens (tertiary/aromatic N) is 1. The number of hydrogen-bond acceptors (Lipinski definition) is 2. The van der Waals surface area contributed by atoms with Crippen LogP contribution >= 0.6 is 0 Å². The van der Waals surface area contributed by atoms with E-state index in [2.05, 4.69) is 18.7 Å². The van der Waals surface area contributed by atoms with Gasteiger partial charge in [0.25, 0.3) is 0 Å². The van der Waals surface area contributed by atoms with Crippen LogP contribution in [0.2, 0.25) is 0 Å². The second kappa shape index (κ2) is 4.97. The number of hydrogen-bond donors (Lipinski definition) is 1. The standard InChI is InChI=1S/C12H23NO2/c1-4-10(5-2)13-9-7-8-12(13,6-3)11(14)15/h10H,4-9H2,1-3H3,(H,14,15). The summed E-state index contributed by atoms with van der Waals surface area (Å²) >= 11 is 0. The molecule has 1 atom stereocenters. The SMILES string of the molecule is CCC(CC)N1CCCC1(CC)C(=O)O. The van der Waals surface area contributed by atoms with Crippen molar-refractivity contribution in [2.45, 2.75) is 64.5 Å². The Morgan fingerprint density at radius 2 is 2.00 bits per heavy atom. The molecule has 0 amide bonds. The summed E-state index contributed by atoms with van der Waals surface area (Å²) in [5.74, 6) is -0.630. The first kappa shape index (κ1) is 12.5. The summed E-state index contributed by atoms with van der Waals surface area (Å²) in [6.45, 7) is 7.24. The van der Waals surface area contributed by atoms with Gasteiger partial charge >= 0.3 is 5.97 Å². The Balaban J connectivity index is 2.91. The highest BCUT2D eigenvalue weighted by atomic mass is 16.4. The highest BCUT2D eigenvalue weighted by Crippen LogP contribution is 2.35. The fourth-order valence-electron chi connectivity index (χ4n) is 2.92. The molecule has 3 heteroatoms. The van der Waals surface area contributed by atoms with E-state index in [1.165, 1.54) is 0 Å². The van der Waals surface area contributed by atoms with Crippen LogP contribution in [0.15, 0.2) is 0 Å². The van der Waals surface area contributed by atoms with Crippen molar-refractivity contribution in [1.29, 1.82) is 0 Å². The predicted octanol–water partition coefficient (Wildman–Crippen LogP) is 2.50. The number of aliphatic carboxylic acids is 1. The zero-order valence-electron chi connectivity index (χ0n) is 10.1. The maximum absolute atomic E-state index is 11.5. The molecule has 0 aromatic carbocycles. The fraction of sp³-hybridized carbons (Fsp3) is 0.917. The van der Waals surface area contributed by atoms with Crippen molar-refractivity contribution in [2.75, 3.05) is 6.54 Å². The van der Waals surface area contributed by atoms with Gasteiger partial charge in [0, 0.05) is 6.04 Å². The maximum atomic E-state index is 11.5. The van der Waals surface area contributed by atoms with Crippen LogP contribution in [0.1, 0.15) is 52.9 Å². The maximum Gasteiger partial charge on any atom is 0.324 e. The minimum atomic E-state index is -0.630. The Bertz CT molecular complexity index is 226. The van der Waals surface area contributed by atoms with Crippen molar-refractivity contribution in [3.05, 3.63) is 0 Å². The Labute approximate surface area is 92.5 Å². The smallest absolute Gasteiger partial charge is 0.324 e. The van der Waals surface area contributed by atoms with Crippen molar-refractivity contribution >= 4 is 5.97 Å². The predicted molar refractivity (Wildman–Crippen MR) is 61.0 cm³/mol. The lowest BCUT2D eigenvalue weighted by atomic mass is 9.91. The van der Waals surface area contributed by atoms with E-state index in [9.17, 15) is 9.90 Å². The van der Waals surface area contributed by atoms with Gasteiger partial charge in [0.15, 0.2) is 0 Å². The Morgan fingerprint density at radius 3 is 2.40 bits per heavy atom. The monoisotopic (exact) mass is 213 g/mol. The van der Waals surface area contributed by atoms with E-state index in [1.807, 2.05) is 6.92 Å². The normalized spacial score (nSPS) is 27.5. The van der Waals surface area contributed by atoms with Crippen molar-refractivity contribution in [2.24, 2.45) is 0 Å². The van der Waals surface area contributed by atoms with Gasteiger partial charge in [-0.25, -0.2) is 0 Å². The average molecular weight is 213 g/mol. The Kier molecular flexibility index (Phi) is 4.14. The first-order valence-corrected chi connectivity index (χ1v) is 6.12. The number of likely N-dealkylation sites (tertiary alicyclic amines) is 1. The number of carboxylic acid groups (broad SMARTS) is 1. The van der Waals surface area contributed by atoms with Gasteiger partial charge in [0.05, 0.1) is 0 Å². The van der Waals surface area contributed by atoms with Crippen LogP contribution in [0.4, 0.5) is 0 Å². The molecule has 1 aliphatic rings. The third kappa shape index (κ3) is 2.03. The van der Waals surface area contributed by atoms with Crippen LogP contribution in [0.5, 0.6) is 0 Å². The van der Waals surface area contributed by atoms with Crippen LogP contribution in [0.25, 0.3) is 0 Å². The molecule has 3 nitrogen and oxygen atoms in total. The van der Waals surface area contributed by atoms with Gasteiger partial charge in [0.2, 0.25) is 0 Å². The molecule has 1 unspecified atom stereocenters. The van der Waals surface area contributed by atoms with E-state index in [-0.39, 0.29) is 0 Å². The molecule has 0 aliphatic carbocycles. The second-order valence-corrected chi connectivity index (χ2v) is 4.46. The first-order chi connectivity index (χ1) is 7.12. The van der Waals surface area contributed by atoms with E-state index < -0.39 is 11.5 Å². The summed E-state index contributed by atoms with van der Waals surface area (Å²) in [5.41, 5.74) is -0.573. The Hall–Kier alpha value is -0.570. The van der Waals surface area contributed by atoms with Gasteiger partial charge in [-0.3, -0.25) is 9.69 Å². The molecule has 0 spiro atoms. The summed E-state index contributed by atoms with van der Waals surface area (Å²) in [7, 11) is 0. The second-order valence-electron chi connectivity index (χ2n) is 4.46. The summed E-state index contributed by atoms with van der Waals surface area (Å²) in [6.07, 6.45) is 4.65. The summed E-state index contributed by atoms with van der Waals surface area (Å²) < 4.78 is 0. The van der Waals surface area contributed by atoms with Gasteiger partial charge in [-0.15, -0.1) is 0 Å². The van der Waals surface area contributed by atoms with Crippen molar-refractivity contribution < 1.29 is 9.90 Å². The number of rotatable bonds is 5. The van der Waals surface area contributed by atoms with Crippen LogP contribution < -0.4 is 0 Å². The molecule has 0 radical (unpaired) electrons. The van der Waals surface area contributed by atoms with Gasteiger partial charge in [-0.1, -0.05) is 20.8 Å². The summed E-state index contributed by atoms with van der Waals surface area (Å²) in [4.78, 5) is 13.7. The molecule has 1 saturated heterocycles. The zero-order valence-corrected chi connectivity index (χ0v) is 10.1. The largest absolute Gasteiger partial charge is 0.480 e. The highest BCUT2D eigenvalue weighted by molar-refractivity contribution is 5.79. The summed E-state index contributed by atoms with van der Waals surface area (Å²) in [6, 6.07) is 0.434. The molecule has 1 rings (SSSR count). The van der Waals surface area contributed by atoms with E-state index in [0.29, 0.717) is 6.04 Å². The molecule has 1 N–H and O–H groups in total. The number of carbonyl (C=O) groups is 1. The van der Waals surface area contributed by atoms with Gasteiger partial charge < -0.3 is 5.11 Å². The van der Waals surface area contributed by atoms with Crippen molar-refractivity contribution in [1.82, 2.24) is 4.90 Å². The number of carboxylic acids is 1. The lowest BCUT2D eigenvalue weighted by Gasteiger charge is -2.39. The third-order valence-corrected chi connectivity index (χ3v) is 3.91. The molecule has 0 aromatic rings. The van der Waals surface area contributed by atoms with E-state index >= 15 is 0 Å². The molecule has 0 aromatic heterocycles. The summed E-state index contributed by atoms with van der Waals surface area (Å²) in [5, 5.41) is 9.43. The highest BCUT2D eigenvalue weighted by Gasteiger charge is 2.47. The zero-order chi connectivity index (χ0) is 11.5. The van der Waals surface area contributed by atoms with Crippen molar-refractivity contribution in [3.63, 3.8) is 0 Å². The van der Waals surface area contributed by atoms with Crippen LogP contribution in [0.3, 0.4) is 0 Å². The van der Waals surface area contributed by atoms with Gasteiger partial charge in [-0.2, -0.15) is 0 Å². The molecule has 0 bridgehead atoms. The molecule has 88 valence electrons. The van der Waals surface area contributed by atoms with Crippen LogP contribution in [0, 0.1) is 0 Å². The van der Waals surface area contributed by atoms with Crippen molar-refractivity contribution in [3.8, 4) is 0 Å². The minimum Gasteiger partial charge on any atom is -0.480 e. The molecule has 15 heavy (non-hydrogen) atoms. The topological polar surface area (TPSA) is 40.5 Å². The average Bonchev–Trinajstić information content (AvgIpc) is 2.65. The molecule has 0 saturated carbocycles. The molecular formula is C12H23NO2. The lowest BCUT2D eigenvalue weighted by Crippen LogP contribution is -2.54. The van der Waals surface area contributed by atoms with E-state index in [0.717, 1.165) is 38.6 Å². The van der Waals surface area contributed by atoms with Gasteiger partial charge in [-0.05, 0) is 38.6 Å². The Morgan fingerprint density at radius 1 is 1.40 bits per heavy atom. The van der Waals surface area contributed by atoms with Gasteiger partial charge in [0.1, 0.15) is 5.54 Å².